The molecule has 0 aliphatic carbocycles. The molecule has 3 rings (SSSR count). The minimum atomic E-state index is -4.19. The number of rotatable bonds is 4. The molecule has 0 amide bonds. The van der Waals surface area contributed by atoms with Crippen molar-refractivity contribution in [3.05, 3.63) is 53.6 Å². The summed E-state index contributed by atoms with van der Waals surface area (Å²) >= 11 is 0. The van der Waals surface area contributed by atoms with Gasteiger partial charge in [0.15, 0.2) is 9.84 Å². The monoisotopic (exact) mass is 411 g/mol. The van der Waals surface area contributed by atoms with Gasteiger partial charge < -0.3 is 10.2 Å². The summed E-state index contributed by atoms with van der Waals surface area (Å²) in [5.41, 5.74) is 1.33. The lowest BCUT2D eigenvalue weighted by molar-refractivity contribution is 0.184. The first-order chi connectivity index (χ1) is 12.5. The van der Waals surface area contributed by atoms with E-state index in [0.29, 0.717) is 5.56 Å². The van der Waals surface area contributed by atoms with Gasteiger partial charge in [0, 0.05) is 6.07 Å². The van der Waals surface area contributed by atoms with Crippen LogP contribution in [0.25, 0.3) is 0 Å². The van der Waals surface area contributed by atoms with Gasteiger partial charge in [-0.05, 0) is 43.2 Å². The van der Waals surface area contributed by atoms with Crippen LogP contribution in [0, 0.1) is 13.8 Å². The van der Waals surface area contributed by atoms with E-state index in [1.807, 2.05) is 0 Å². The van der Waals surface area contributed by atoms with Gasteiger partial charge in [0.05, 0.1) is 34.2 Å². The lowest BCUT2D eigenvalue weighted by Crippen LogP contribution is -2.47. The molecule has 0 unspecified atom stereocenters. The summed E-state index contributed by atoms with van der Waals surface area (Å²) in [5.74, 6) is -1.16. The summed E-state index contributed by atoms with van der Waals surface area (Å²) in [7, 11) is -7.78. The van der Waals surface area contributed by atoms with Gasteiger partial charge in [-0.1, -0.05) is 18.2 Å². The van der Waals surface area contributed by atoms with Gasteiger partial charge in [-0.2, -0.15) is 0 Å². The maximum Gasteiger partial charge on any atom is 0.264 e. The van der Waals surface area contributed by atoms with E-state index < -0.39 is 43.5 Å². The van der Waals surface area contributed by atoms with Crippen LogP contribution in [-0.2, 0) is 19.9 Å². The van der Waals surface area contributed by atoms with Gasteiger partial charge in [0.1, 0.15) is 5.75 Å². The van der Waals surface area contributed by atoms with Gasteiger partial charge in [-0.15, -0.1) is 0 Å². The Kier molecular flexibility index (Phi) is 4.96. The summed E-state index contributed by atoms with van der Waals surface area (Å²) in [6, 6.07) is 9.32. The molecule has 2 aromatic rings. The van der Waals surface area contributed by atoms with Crippen molar-refractivity contribution in [3.63, 3.8) is 0 Å². The van der Waals surface area contributed by atoms with Crippen LogP contribution in [0.5, 0.6) is 5.75 Å². The summed E-state index contributed by atoms with van der Waals surface area (Å²) in [6.07, 6.45) is -1.36. The maximum atomic E-state index is 13.5. The second-order valence-corrected chi connectivity index (χ2v) is 10.7. The van der Waals surface area contributed by atoms with Crippen LogP contribution >= 0.6 is 0 Å². The van der Waals surface area contributed by atoms with Crippen LogP contribution in [0.3, 0.4) is 0 Å². The largest absolute Gasteiger partial charge is 0.508 e. The number of aryl methyl sites for hydroxylation is 2. The standard InChI is InChI=1S/C18H21NO6S2/c1-12-6-7-13(2)18(8-12)27(24,25)19(14-4-3-5-15(20)9-14)16-10-26(22,23)11-17(16)21/h3-9,16-17,20-21H,10-11H2,1-2H3/t16-,17+/m1/s1. The Balaban J connectivity index is 2.22. The zero-order valence-electron chi connectivity index (χ0n) is 14.9. The molecule has 146 valence electrons. The van der Waals surface area contributed by atoms with E-state index in [2.05, 4.69) is 0 Å². The number of sulfone groups is 1. The molecule has 2 aromatic carbocycles. The number of aliphatic hydroxyl groups is 1. The quantitative estimate of drug-likeness (QED) is 0.786. The fourth-order valence-corrected chi connectivity index (χ4v) is 7.11. The molecular weight excluding hydrogens is 390 g/mol. The highest BCUT2D eigenvalue weighted by molar-refractivity contribution is 7.93. The zero-order chi connectivity index (χ0) is 20.0. The van der Waals surface area contributed by atoms with E-state index >= 15 is 0 Å². The molecule has 9 heteroatoms. The molecule has 0 saturated carbocycles. The van der Waals surface area contributed by atoms with Crippen LogP contribution < -0.4 is 4.31 Å². The van der Waals surface area contributed by atoms with Gasteiger partial charge in [0.25, 0.3) is 10.0 Å². The molecule has 0 bridgehead atoms. The number of aromatic hydroxyl groups is 1. The van der Waals surface area contributed by atoms with Crippen LogP contribution in [0.15, 0.2) is 47.4 Å². The van der Waals surface area contributed by atoms with Crippen LogP contribution in [-0.4, -0.2) is 50.7 Å². The second kappa shape index (κ2) is 6.81. The zero-order valence-corrected chi connectivity index (χ0v) is 16.5. The van der Waals surface area contributed by atoms with Crippen molar-refractivity contribution in [2.24, 2.45) is 0 Å². The van der Waals surface area contributed by atoms with Crippen molar-refractivity contribution in [3.8, 4) is 5.75 Å². The third-order valence-electron chi connectivity index (χ3n) is 4.56. The number of aliphatic hydroxyl groups excluding tert-OH is 1. The minimum absolute atomic E-state index is 0.0299. The summed E-state index contributed by atoms with van der Waals surface area (Å²) < 4.78 is 51.9. The number of nitrogens with zero attached hydrogens (tertiary/aromatic N) is 1. The van der Waals surface area contributed by atoms with Gasteiger partial charge in [-0.25, -0.2) is 16.8 Å². The predicted octanol–water partition coefficient (Wildman–Crippen LogP) is 1.36. The molecule has 7 nitrogen and oxygen atoms in total. The van der Waals surface area contributed by atoms with Crippen molar-refractivity contribution in [1.82, 2.24) is 0 Å². The first-order valence-electron chi connectivity index (χ1n) is 8.30. The number of hydrogen-bond acceptors (Lipinski definition) is 6. The first-order valence-corrected chi connectivity index (χ1v) is 11.6. The number of sulfonamides is 1. The molecule has 1 heterocycles. The minimum Gasteiger partial charge on any atom is -0.508 e. The van der Waals surface area contributed by atoms with Crippen LogP contribution in [0.2, 0.25) is 0 Å². The van der Waals surface area contributed by atoms with Gasteiger partial charge >= 0.3 is 0 Å². The van der Waals surface area contributed by atoms with Crippen LogP contribution in [0.1, 0.15) is 11.1 Å². The highest BCUT2D eigenvalue weighted by Gasteiger charge is 2.45. The average molecular weight is 412 g/mol. The number of anilines is 1. The van der Waals surface area contributed by atoms with Crippen molar-refractivity contribution in [1.29, 1.82) is 0 Å². The smallest absolute Gasteiger partial charge is 0.264 e. The highest BCUT2D eigenvalue weighted by atomic mass is 32.2. The molecule has 1 saturated heterocycles. The van der Waals surface area contributed by atoms with Gasteiger partial charge in [0.2, 0.25) is 0 Å². The Morgan fingerprint density at radius 3 is 2.37 bits per heavy atom. The Labute approximate surface area is 158 Å². The Hall–Kier alpha value is -2.10. The molecule has 1 fully saturated rings. The highest BCUT2D eigenvalue weighted by Crippen LogP contribution is 2.33. The molecule has 0 aromatic heterocycles. The van der Waals surface area contributed by atoms with Crippen molar-refractivity contribution >= 4 is 25.5 Å². The molecule has 0 radical (unpaired) electrons. The van der Waals surface area contributed by atoms with Crippen molar-refractivity contribution in [2.45, 2.75) is 30.9 Å². The SMILES string of the molecule is Cc1ccc(C)c(S(=O)(=O)N(c2cccc(O)c2)[C@@H]2CS(=O)(=O)C[C@@H]2O)c1. The Morgan fingerprint density at radius 1 is 1.07 bits per heavy atom. The second-order valence-electron chi connectivity index (χ2n) is 6.80. The van der Waals surface area contributed by atoms with E-state index in [9.17, 15) is 27.0 Å². The summed E-state index contributed by atoms with van der Waals surface area (Å²) in [4.78, 5) is 0.0299. The van der Waals surface area contributed by atoms with Crippen LogP contribution in [0.4, 0.5) is 5.69 Å². The lowest BCUT2D eigenvalue weighted by Gasteiger charge is -2.32. The fraction of sp³-hybridized carbons (Fsp3) is 0.333. The number of phenols is 1. The topological polar surface area (TPSA) is 112 Å². The number of benzene rings is 2. The molecule has 27 heavy (non-hydrogen) atoms. The Bertz CT molecular complexity index is 1080. The molecule has 2 atom stereocenters. The van der Waals surface area contributed by atoms with E-state index in [4.69, 9.17) is 0 Å². The Morgan fingerprint density at radius 2 is 1.78 bits per heavy atom. The summed E-state index contributed by atoms with van der Waals surface area (Å²) in [6.45, 7) is 3.40. The normalized spacial score (nSPS) is 21.9. The van der Waals surface area contributed by atoms with Crippen molar-refractivity contribution < 1.29 is 27.0 Å². The number of phenolic OH excluding ortho intramolecular Hbond substituents is 1. The van der Waals surface area contributed by atoms with E-state index in [0.717, 1.165) is 9.87 Å². The third kappa shape index (κ3) is 3.80. The summed E-state index contributed by atoms with van der Waals surface area (Å²) in [5, 5.41) is 20.1. The lowest BCUT2D eigenvalue weighted by atomic mass is 10.2. The molecular formula is C18H21NO6S2. The molecule has 0 spiro atoms. The fourth-order valence-electron chi connectivity index (χ4n) is 3.26. The van der Waals surface area contributed by atoms with E-state index in [-0.39, 0.29) is 16.3 Å². The molecule has 2 N–H and O–H groups in total. The molecule has 1 aliphatic heterocycles. The predicted molar refractivity (Wildman–Crippen MR) is 102 cm³/mol. The van der Waals surface area contributed by atoms with Crippen molar-refractivity contribution in [2.75, 3.05) is 15.8 Å². The maximum absolute atomic E-state index is 13.5. The van der Waals surface area contributed by atoms with E-state index in [1.165, 1.54) is 30.3 Å². The third-order valence-corrected chi connectivity index (χ3v) is 8.25. The molecule has 1 aliphatic rings. The van der Waals surface area contributed by atoms with E-state index in [1.54, 1.807) is 26.0 Å². The first kappa shape index (κ1) is 19.7. The average Bonchev–Trinajstić information content (AvgIpc) is 2.82. The number of hydrogen-bond donors (Lipinski definition) is 2. The van der Waals surface area contributed by atoms with Gasteiger partial charge in [-0.3, -0.25) is 4.31 Å².